The number of amides is 1. The van der Waals surface area contributed by atoms with Crippen molar-refractivity contribution in [1.82, 2.24) is 19.8 Å². The van der Waals surface area contributed by atoms with E-state index >= 15 is 0 Å². The molecule has 0 aliphatic carbocycles. The lowest BCUT2D eigenvalue weighted by atomic mass is 10.0. The van der Waals surface area contributed by atoms with Crippen LogP contribution in [0.15, 0.2) is 11.2 Å². The third-order valence-electron chi connectivity index (χ3n) is 3.16. The average molecular weight is 302 g/mol. The first-order chi connectivity index (χ1) is 9.19. The number of hydrogen-bond acceptors (Lipinski definition) is 5. The molecule has 1 fully saturated rings. The lowest BCUT2D eigenvalue weighted by molar-refractivity contribution is -0.131. The van der Waals surface area contributed by atoms with Crippen molar-refractivity contribution < 1.29 is 23.1 Å². The van der Waals surface area contributed by atoms with Crippen LogP contribution in [0.25, 0.3) is 0 Å². The summed E-state index contributed by atoms with van der Waals surface area (Å²) < 4.78 is 26.1. The number of H-pyrrole nitrogens is 1. The minimum Gasteiger partial charge on any atom is -0.478 e. The Hall–Kier alpha value is -1.94. The van der Waals surface area contributed by atoms with E-state index in [2.05, 4.69) is 15.5 Å². The smallest absolute Gasteiger partial charge is 0.340 e. The fourth-order valence-electron chi connectivity index (χ4n) is 2.03. The number of carbonyl (C=O) groups excluding carboxylic acids is 1. The fourth-order valence-corrected chi connectivity index (χ4v) is 3.86. The quantitative estimate of drug-likeness (QED) is 0.656. The van der Waals surface area contributed by atoms with Gasteiger partial charge < -0.3 is 10.4 Å². The van der Waals surface area contributed by atoms with E-state index in [-0.39, 0.29) is 13.1 Å². The second-order valence-corrected chi connectivity index (χ2v) is 6.61. The first-order valence-electron chi connectivity index (χ1n) is 5.77. The summed E-state index contributed by atoms with van der Waals surface area (Å²) in [4.78, 5) is 22.8. The van der Waals surface area contributed by atoms with E-state index < -0.39 is 38.0 Å². The van der Waals surface area contributed by atoms with Crippen molar-refractivity contribution in [3.8, 4) is 0 Å². The van der Waals surface area contributed by atoms with E-state index in [9.17, 15) is 18.0 Å². The first kappa shape index (κ1) is 14.5. The second-order valence-electron chi connectivity index (χ2n) is 4.81. The van der Waals surface area contributed by atoms with Crippen molar-refractivity contribution in [2.45, 2.75) is 24.4 Å². The van der Waals surface area contributed by atoms with E-state index in [1.165, 1.54) is 13.8 Å². The van der Waals surface area contributed by atoms with E-state index in [0.717, 1.165) is 10.5 Å². The molecule has 1 aliphatic heterocycles. The molecule has 1 saturated heterocycles. The molecule has 1 aromatic rings. The van der Waals surface area contributed by atoms with Crippen molar-refractivity contribution in [3.63, 3.8) is 0 Å². The SMILES string of the molecule is CC1(C)C(=O)NCCN1S(=O)(=O)c1[nH]ncc1C(=O)O. The molecule has 110 valence electrons. The van der Waals surface area contributed by atoms with Crippen LogP contribution in [0.3, 0.4) is 0 Å². The van der Waals surface area contributed by atoms with Crippen LogP contribution in [0.4, 0.5) is 0 Å². The van der Waals surface area contributed by atoms with Crippen LogP contribution in [-0.4, -0.2) is 58.5 Å². The van der Waals surface area contributed by atoms with Crippen molar-refractivity contribution in [2.24, 2.45) is 0 Å². The molecule has 0 bridgehead atoms. The number of aromatic nitrogens is 2. The Morgan fingerprint density at radius 3 is 2.75 bits per heavy atom. The molecule has 0 aromatic carbocycles. The molecule has 1 aliphatic rings. The van der Waals surface area contributed by atoms with Crippen LogP contribution in [0.2, 0.25) is 0 Å². The molecule has 3 N–H and O–H groups in total. The van der Waals surface area contributed by atoms with Gasteiger partial charge in [0.05, 0.1) is 6.20 Å². The van der Waals surface area contributed by atoms with Crippen LogP contribution in [0, 0.1) is 0 Å². The standard InChI is InChI=1S/C10H14N4O5S/c1-10(2)9(17)11-3-4-14(10)20(18,19)7-6(8(15)16)5-12-13-7/h5H,3-4H2,1-2H3,(H,11,17)(H,12,13)(H,15,16). The topological polar surface area (TPSA) is 132 Å². The van der Waals surface area contributed by atoms with E-state index in [1.54, 1.807) is 0 Å². The highest BCUT2D eigenvalue weighted by molar-refractivity contribution is 7.89. The number of piperazine rings is 1. The number of sulfonamides is 1. The van der Waals surface area contributed by atoms with E-state index in [4.69, 9.17) is 5.11 Å². The molecular formula is C10H14N4O5S. The van der Waals surface area contributed by atoms with Crippen LogP contribution in [-0.2, 0) is 14.8 Å². The van der Waals surface area contributed by atoms with Gasteiger partial charge >= 0.3 is 5.97 Å². The molecule has 0 spiro atoms. The summed E-state index contributed by atoms with van der Waals surface area (Å²) in [6.45, 7) is 3.13. The van der Waals surface area contributed by atoms with Gasteiger partial charge in [0.25, 0.3) is 10.0 Å². The van der Waals surface area contributed by atoms with Crippen molar-refractivity contribution >= 4 is 21.9 Å². The molecule has 20 heavy (non-hydrogen) atoms. The molecule has 0 saturated carbocycles. The van der Waals surface area contributed by atoms with Gasteiger partial charge in [0.15, 0.2) is 5.03 Å². The van der Waals surface area contributed by atoms with Crippen LogP contribution >= 0.6 is 0 Å². The van der Waals surface area contributed by atoms with Gasteiger partial charge in [-0.2, -0.15) is 9.40 Å². The molecular weight excluding hydrogens is 288 g/mol. The van der Waals surface area contributed by atoms with Crippen molar-refractivity contribution in [3.05, 3.63) is 11.8 Å². The molecule has 1 amide bonds. The maximum absolute atomic E-state index is 12.5. The maximum Gasteiger partial charge on any atom is 0.340 e. The zero-order valence-corrected chi connectivity index (χ0v) is 11.7. The largest absolute Gasteiger partial charge is 0.478 e. The van der Waals surface area contributed by atoms with Gasteiger partial charge in [0, 0.05) is 13.1 Å². The molecule has 2 heterocycles. The minimum atomic E-state index is -4.16. The minimum absolute atomic E-state index is 0.0547. The van der Waals surface area contributed by atoms with Gasteiger partial charge in [-0.25, -0.2) is 13.2 Å². The highest BCUT2D eigenvalue weighted by atomic mass is 32.2. The summed E-state index contributed by atoms with van der Waals surface area (Å²) >= 11 is 0. The Morgan fingerprint density at radius 1 is 1.50 bits per heavy atom. The summed E-state index contributed by atoms with van der Waals surface area (Å²) in [5.74, 6) is -1.85. The Morgan fingerprint density at radius 2 is 2.15 bits per heavy atom. The molecule has 0 radical (unpaired) electrons. The summed E-state index contributed by atoms with van der Waals surface area (Å²) in [6.07, 6.45) is 0.923. The lowest BCUT2D eigenvalue weighted by Crippen LogP contribution is -2.63. The van der Waals surface area contributed by atoms with Gasteiger partial charge in [-0.3, -0.25) is 9.89 Å². The van der Waals surface area contributed by atoms with Crippen LogP contribution in [0.1, 0.15) is 24.2 Å². The van der Waals surface area contributed by atoms with E-state index in [1.807, 2.05) is 0 Å². The van der Waals surface area contributed by atoms with E-state index in [0.29, 0.717) is 0 Å². The summed E-state index contributed by atoms with van der Waals surface area (Å²) in [5, 5.41) is 16.7. The number of rotatable bonds is 3. The number of hydrogen-bond donors (Lipinski definition) is 3. The summed E-state index contributed by atoms with van der Waals surface area (Å²) in [6, 6.07) is 0. The van der Waals surface area contributed by atoms with Gasteiger partial charge in [-0.15, -0.1) is 0 Å². The average Bonchev–Trinajstić information content (AvgIpc) is 2.82. The third-order valence-corrected chi connectivity index (χ3v) is 5.21. The number of nitrogens with one attached hydrogen (secondary N) is 2. The van der Waals surface area contributed by atoms with Crippen molar-refractivity contribution in [1.29, 1.82) is 0 Å². The molecule has 10 heteroatoms. The number of carbonyl (C=O) groups is 2. The Bertz CT molecular complexity index is 663. The second kappa shape index (κ2) is 4.56. The Kier molecular flexibility index (Phi) is 3.30. The predicted octanol–water partition coefficient (Wildman–Crippen LogP) is -0.993. The molecule has 0 unspecified atom stereocenters. The number of aromatic amines is 1. The van der Waals surface area contributed by atoms with Gasteiger partial charge in [-0.05, 0) is 13.8 Å². The molecule has 0 atom stereocenters. The van der Waals surface area contributed by atoms with Crippen LogP contribution in [0.5, 0.6) is 0 Å². The molecule has 2 rings (SSSR count). The third kappa shape index (κ3) is 2.06. The normalized spacial score (nSPS) is 19.6. The first-order valence-corrected chi connectivity index (χ1v) is 7.21. The number of carboxylic acids is 1. The molecule has 1 aromatic heterocycles. The fraction of sp³-hybridized carbons (Fsp3) is 0.500. The Labute approximate surface area is 115 Å². The monoisotopic (exact) mass is 302 g/mol. The van der Waals surface area contributed by atoms with Gasteiger partial charge in [0.1, 0.15) is 11.1 Å². The zero-order chi connectivity index (χ0) is 15.1. The number of carboxylic acid groups (broad SMARTS) is 1. The van der Waals surface area contributed by atoms with Gasteiger partial charge in [0.2, 0.25) is 5.91 Å². The Balaban J connectivity index is 2.52. The van der Waals surface area contributed by atoms with Gasteiger partial charge in [-0.1, -0.05) is 0 Å². The zero-order valence-electron chi connectivity index (χ0n) is 10.9. The highest BCUT2D eigenvalue weighted by Crippen LogP contribution is 2.27. The van der Waals surface area contributed by atoms with Crippen molar-refractivity contribution in [2.75, 3.05) is 13.1 Å². The molecule has 9 nitrogen and oxygen atoms in total. The highest BCUT2D eigenvalue weighted by Gasteiger charge is 2.46. The maximum atomic E-state index is 12.5. The summed E-state index contributed by atoms with van der Waals surface area (Å²) in [5.41, 5.74) is -1.76. The number of aromatic carboxylic acids is 1. The lowest BCUT2D eigenvalue weighted by Gasteiger charge is -2.39. The number of nitrogens with zero attached hydrogens (tertiary/aromatic N) is 2. The predicted molar refractivity (Wildman–Crippen MR) is 66.5 cm³/mol. The summed E-state index contributed by atoms with van der Waals surface area (Å²) in [7, 11) is -4.16. The van der Waals surface area contributed by atoms with Crippen LogP contribution < -0.4 is 5.32 Å².